The Labute approximate surface area is 178 Å². The van der Waals surface area contributed by atoms with E-state index in [0.717, 1.165) is 19.3 Å². The van der Waals surface area contributed by atoms with E-state index in [4.69, 9.17) is 4.74 Å². The van der Waals surface area contributed by atoms with Crippen LogP contribution in [0.1, 0.15) is 44.6 Å². The number of benzene rings is 1. The van der Waals surface area contributed by atoms with Gasteiger partial charge in [0.25, 0.3) is 5.91 Å². The zero-order chi connectivity index (χ0) is 20.6. The molecule has 158 valence electrons. The van der Waals surface area contributed by atoms with Gasteiger partial charge in [0.2, 0.25) is 0 Å². The van der Waals surface area contributed by atoms with Crippen LogP contribution in [0.2, 0.25) is 0 Å². The van der Waals surface area contributed by atoms with Crippen LogP contribution in [-0.2, 0) is 11.2 Å². The first-order chi connectivity index (χ1) is 14.6. The van der Waals surface area contributed by atoms with E-state index in [1.54, 1.807) is 12.4 Å². The predicted molar refractivity (Wildman–Crippen MR) is 116 cm³/mol. The fourth-order valence-corrected chi connectivity index (χ4v) is 6.15. The molecule has 30 heavy (non-hydrogen) atoms. The van der Waals surface area contributed by atoms with Gasteiger partial charge in [0.1, 0.15) is 5.75 Å². The predicted octanol–water partition coefficient (Wildman–Crippen LogP) is 3.59. The number of hydrogen-bond donors (Lipinski definition) is 1. The van der Waals surface area contributed by atoms with E-state index in [1.807, 2.05) is 12.1 Å². The van der Waals surface area contributed by atoms with E-state index in [9.17, 15) is 4.79 Å². The highest BCUT2D eigenvalue weighted by Crippen LogP contribution is 2.52. The number of carbonyl (C=O) groups excluding carboxylic acids is 1. The van der Waals surface area contributed by atoms with Gasteiger partial charge in [-0.1, -0.05) is 50.1 Å². The van der Waals surface area contributed by atoms with Gasteiger partial charge in [0.15, 0.2) is 6.61 Å². The molecule has 0 unspecified atom stereocenters. The molecular formula is C25H31N3O2. The lowest BCUT2D eigenvalue weighted by molar-refractivity contribution is -0.137. The molecule has 2 aliphatic heterocycles. The van der Waals surface area contributed by atoms with E-state index >= 15 is 0 Å². The number of carbonyl (C=O) groups is 1. The van der Waals surface area contributed by atoms with Crippen molar-refractivity contribution in [2.75, 3.05) is 6.61 Å². The Kier molecular flexibility index (Phi) is 5.23. The normalized spacial score (nSPS) is 32.5. The van der Waals surface area contributed by atoms with E-state index in [2.05, 4.69) is 52.5 Å². The Hall–Kier alpha value is -2.40. The molecule has 5 atom stereocenters. The smallest absolute Gasteiger partial charge is 0.261 e. The quantitative estimate of drug-likeness (QED) is 0.826. The molecule has 1 N–H and O–H groups in total. The van der Waals surface area contributed by atoms with Gasteiger partial charge in [-0.25, -0.2) is 0 Å². The second-order valence-corrected chi connectivity index (χ2v) is 9.37. The fourth-order valence-electron chi connectivity index (χ4n) is 6.15. The van der Waals surface area contributed by atoms with Crippen LogP contribution in [0.3, 0.4) is 0 Å². The Morgan fingerprint density at radius 3 is 2.83 bits per heavy atom. The molecule has 3 fully saturated rings. The maximum Gasteiger partial charge on any atom is 0.261 e. The molecule has 0 spiro atoms. The van der Waals surface area contributed by atoms with Crippen molar-refractivity contribution >= 4 is 5.91 Å². The number of nitrogens with zero attached hydrogens (tertiary/aromatic N) is 2. The summed E-state index contributed by atoms with van der Waals surface area (Å²) in [5.41, 5.74) is 1.48. The summed E-state index contributed by atoms with van der Waals surface area (Å²) in [6.07, 6.45) is 10.2. The first-order valence-corrected chi connectivity index (χ1v) is 11.3. The molecule has 5 rings (SSSR count). The summed E-state index contributed by atoms with van der Waals surface area (Å²) >= 11 is 0. The lowest BCUT2D eigenvalue weighted by atomic mass is 9.70. The number of fused-ring (bicyclic) bond motifs is 1. The first-order valence-electron chi connectivity index (χ1n) is 11.3. The van der Waals surface area contributed by atoms with Gasteiger partial charge in [-0.3, -0.25) is 9.78 Å². The molecule has 0 radical (unpaired) electrons. The van der Waals surface area contributed by atoms with Crippen LogP contribution in [0.4, 0.5) is 0 Å². The molecule has 5 heteroatoms. The van der Waals surface area contributed by atoms with Gasteiger partial charge < -0.3 is 15.0 Å². The zero-order valence-electron chi connectivity index (χ0n) is 17.7. The summed E-state index contributed by atoms with van der Waals surface area (Å²) in [6, 6.07) is 15.6. The summed E-state index contributed by atoms with van der Waals surface area (Å²) in [5, 5.41) is 3.99. The third-order valence-electron chi connectivity index (χ3n) is 7.58. The SMILES string of the molecule is C[C@@]12C[C@H]3[C@H](Cc4ccccc4)N[C@@H]1CCCC[C@@H]2N3C(=O)COc1cccnc1. The number of amides is 1. The van der Waals surface area contributed by atoms with Crippen LogP contribution in [0.25, 0.3) is 0 Å². The molecule has 1 saturated carbocycles. The number of pyridine rings is 1. The standard InChI is InChI=1S/C25H31N3O2/c1-25-15-21-20(14-18-8-3-2-4-9-18)27-22(25)11-5-6-12-23(25)28(21)24(29)17-30-19-10-7-13-26-16-19/h2-4,7-10,13,16,20-23,27H,5-6,11-12,14-15,17H2,1H3/t20-,21-,22+,23-,25+/m0/s1. The third kappa shape index (κ3) is 3.49. The van der Waals surface area contributed by atoms with Crippen molar-refractivity contribution in [3.63, 3.8) is 0 Å². The Balaban J connectivity index is 1.40. The van der Waals surface area contributed by atoms with Crippen molar-refractivity contribution in [1.82, 2.24) is 15.2 Å². The van der Waals surface area contributed by atoms with Gasteiger partial charge in [0, 0.05) is 35.8 Å². The zero-order valence-corrected chi connectivity index (χ0v) is 17.7. The van der Waals surface area contributed by atoms with Gasteiger partial charge in [-0.05, 0) is 43.4 Å². The maximum absolute atomic E-state index is 13.5. The summed E-state index contributed by atoms with van der Waals surface area (Å²) < 4.78 is 5.81. The number of piperidine rings is 1. The highest BCUT2D eigenvalue weighted by atomic mass is 16.5. The highest BCUT2D eigenvalue weighted by Gasteiger charge is 2.60. The summed E-state index contributed by atoms with van der Waals surface area (Å²) in [7, 11) is 0. The molecule has 3 aliphatic rings. The van der Waals surface area contributed by atoms with E-state index in [-0.39, 0.29) is 30.0 Å². The third-order valence-corrected chi connectivity index (χ3v) is 7.58. The average Bonchev–Trinajstić information content (AvgIpc) is 2.92. The summed E-state index contributed by atoms with van der Waals surface area (Å²) in [6.45, 7) is 2.49. The minimum atomic E-state index is 0.0809. The van der Waals surface area contributed by atoms with Gasteiger partial charge in [-0.15, -0.1) is 0 Å². The van der Waals surface area contributed by atoms with Crippen molar-refractivity contribution < 1.29 is 9.53 Å². The van der Waals surface area contributed by atoms with Crippen molar-refractivity contribution in [3.05, 3.63) is 60.4 Å². The second kappa shape index (κ2) is 8.03. The van der Waals surface area contributed by atoms with Crippen LogP contribution < -0.4 is 10.1 Å². The maximum atomic E-state index is 13.5. The number of nitrogens with one attached hydrogen (secondary N) is 1. The number of hydrogen-bond acceptors (Lipinski definition) is 4. The number of rotatable bonds is 5. The Morgan fingerprint density at radius 1 is 1.20 bits per heavy atom. The second-order valence-electron chi connectivity index (χ2n) is 9.37. The highest BCUT2D eigenvalue weighted by molar-refractivity contribution is 5.79. The molecule has 1 aromatic carbocycles. The number of ether oxygens (including phenoxy) is 1. The molecular weight excluding hydrogens is 374 g/mol. The molecule has 5 nitrogen and oxygen atoms in total. The van der Waals surface area contributed by atoms with Crippen molar-refractivity contribution in [1.29, 1.82) is 0 Å². The lowest BCUT2D eigenvalue weighted by Gasteiger charge is -2.43. The monoisotopic (exact) mass is 405 g/mol. The van der Waals surface area contributed by atoms with E-state index < -0.39 is 0 Å². The van der Waals surface area contributed by atoms with Crippen LogP contribution in [0, 0.1) is 5.41 Å². The molecule has 1 amide bonds. The van der Waals surface area contributed by atoms with E-state index in [0.29, 0.717) is 17.8 Å². The topological polar surface area (TPSA) is 54.5 Å². The molecule has 1 aromatic heterocycles. The van der Waals surface area contributed by atoms with Crippen LogP contribution >= 0.6 is 0 Å². The van der Waals surface area contributed by atoms with Crippen molar-refractivity contribution in [2.45, 2.75) is 69.6 Å². The minimum Gasteiger partial charge on any atom is -0.482 e. The Morgan fingerprint density at radius 2 is 2.03 bits per heavy atom. The van der Waals surface area contributed by atoms with Gasteiger partial charge in [-0.2, -0.15) is 0 Å². The largest absolute Gasteiger partial charge is 0.482 e. The Bertz CT molecular complexity index is 874. The van der Waals surface area contributed by atoms with Gasteiger partial charge >= 0.3 is 0 Å². The lowest BCUT2D eigenvalue weighted by Crippen LogP contribution is -2.57. The molecule has 3 heterocycles. The van der Waals surface area contributed by atoms with E-state index in [1.165, 1.54) is 24.8 Å². The minimum absolute atomic E-state index is 0.0809. The van der Waals surface area contributed by atoms with Crippen LogP contribution in [0.5, 0.6) is 5.75 Å². The van der Waals surface area contributed by atoms with Crippen LogP contribution in [-0.4, -0.2) is 46.6 Å². The summed E-state index contributed by atoms with van der Waals surface area (Å²) in [5.74, 6) is 0.761. The molecule has 1 aliphatic carbocycles. The average molecular weight is 406 g/mol. The van der Waals surface area contributed by atoms with Crippen molar-refractivity contribution in [3.8, 4) is 5.75 Å². The summed E-state index contributed by atoms with van der Waals surface area (Å²) in [4.78, 5) is 19.8. The molecule has 2 bridgehead atoms. The van der Waals surface area contributed by atoms with Gasteiger partial charge in [0.05, 0.1) is 6.20 Å². The number of aromatic nitrogens is 1. The molecule has 2 saturated heterocycles. The van der Waals surface area contributed by atoms with Crippen LogP contribution in [0.15, 0.2) is 54.9 Å². The number of likely N-dealkylation sites (tertiary alicyclic amines) is 1. The fraction of sp³-hybridized carbons (Fsp3) is 0.520. The first kappa shape index (κ1) is 19.6. The van der Waals surface area contributed by atoms with Crippen molar-refractivity contribution in [2.24, 2.45) is 5.41 Å². The molecule has 2 aromatic rings.